The lowest BCUT2D eigenvalue weighted by Gasteiger charge is -2.27. The van der Waals surface area contributed by atoms with Gasteiger partial charge in [0.05, 0.1) is 12.2 Å². The van der Waals surface area contributed by atoms with E-state index in [1.807, 2.05) is 0 Å². The van der Waals surface area contributed by atoms with Gasteiger partial charge in [-0.15, -0.1) is 0 Å². The van der Waals surface area contributed by atoms with Crippen molar-refractivity contribution in [3.05, 3.63) is 0 Å². The maximum Gasteiger partial charge on any atom is 0.109 e. The monoisotopic (exact) mass is 176 g/mol. The summed E-state index contributed by atoms with van der Waals surface area (Å²) >= 11 is 0. The minimum atomic E-state index is -0.956. The molecule has 0 aliphatic carbocycles. The molecule has 3 nitrogen and oxygen atoms in total. The van der Waals surface area contributed by atoms with E-state index in [2.05, 4.69) is 6.92 Å². The van der Waals surface area contributed by atoms with E-state index in [9.17, 15) is 5.11 Å². The summed E-state index contributed by atoms with van der Waals surface area (Å²) in [5.41, 5.74) is -0.956. The number of rotatable bonds is 6. The number of aliphatic hydroxyl groups excluding tert-OH is 1. The van der Waals surface area contributed by atoms with Crippen LogP contribution in [0.3, 0.4) is 0 Å². The fourth-order valence-corrected chi connectivity index (χ4v) is 0.850. The van der Waals surface area contributed by atoms with E-state index < -0.39 is 11.7 Å². The Morgan fingerprint density at radius 1 is 1.42 bits per heavy atom. The van der Waals surface area contributed by atoms with Crippen LogP contribution in [0.5, 0.6) is 0 Å². The molecule has 0 heterocycles. The molecule has 0 amide bonds. The molecule has 0 spiro atoms. The average Bonchev–Trinajstić information content (AvgIpc) is 1.95. The fourth-order valence-electron chi connectivity index (χ4n) is 0.850. The molecule has 0 saturated heterocycles. The molecule has 0 aromatic rings. The Bertz CT molecular complexity index is 107. The molecule has 0 saturated carbocycles. The topological polar surface area (TPSA) is 49.7 Å². The predicted molar refractivity (Wildman–Crippen MR) is 48.0 cm³/mol. The maximum absolute atomic E-state index is 9.49. The summed E-state index contributed by atoms with van der Waals surface area (Å²) in [6.45, 7) is 5.82. The molecule has 0 aromatic carbocycles. The molecule has 0 aliphatic heterocycles. The van der Waals surface area contributed by atoms with Crippen LogP contribution < -0.4 is 0 Å². The van der Waals surface area contributed by atoms with E-state index in [1.165, 1.54) is 0 Å². The van der Waals surface area contributed by atoms with Crippen LogP contribution in [-0.4, -0.2) is 35.1 Å². The second-order valence-electron chi connectivity index (χ2n) is 3.55. The van der Waals surface area contributed by atoms with Gasteiger partial charge in [0.25, 0.3) is 0 Å². The van der Waals surface area contributed by atoms with Crippen LogP contribution in [0.25, 0.3) is 0 Å². The minimum Gasteiger partial charge on any atom is -0.394 e. The number of ether oxygens (including phenoxy) is 1. The molecule has 74 valence electrons. The second-order valence-corrected chi connectivity index (χ2v) is 3.55. The first kappa shape index (κ1) is 11.9. The highest BCUT2D eigenvalue weighted by molar-refractivity contribution is 4.77. The van der Waals surface area contributed by atoms with Gasteiger partial charge >= 0.3 is 0 Å². The maximum atomic E-state index is 9.49. The van der Waals surface area contributed by atoms with Crippen molar-refractivity contribution in [2.45, 2.75) is 45.3 Å². The van der Waals surface area contributed by atoms with Crippen LogP contribution in [0.2, 0.25) is 0 Å². The van der Waals surface area contributed by atoms with E-state index >= 15 is 0 Å². The third kappa shape index (κ3) is 4.70. The molecule has 0 bridgehead atoms. The zero-order valence-electron chi connectivity index (χ0n) is 8.21. The van der Waals surface area contributed by atoms with Crippen molar-refractivity contribution in [3.63, 3.8) is 0 Å². The minimum absolute atomic E-state index is 0.132. The fraction of sp³-hybridized carbons (Fsp3) is 1.00. The van der Waals surface area contributed by atoms with Gasteiger partial charge in [-0.2, -0.15) is 0 Å². The third-order valence-electron chi connectivity index (χ3n) is 1.77. The number of hydrogen-bond acceptors (Lipinski definition) is 3. The SMILES string of the molecule is CCCCOC(CO)C(C)(C)O. The Morgan fingerprint density at radius 3 is 2.33 bits per heavy atom. The van der Waals surface area contributed by atoms with Gasteiger partial charge in [-0.05, 0) is 20.3 Å². The Kier molecular flexibility index (Phi) is 5.46. The van der Waals surface area contributed by atoms with Gasteiger partial charge in [0.15, 0.2) is 0 Å². The van der Waals surface area contributed by atoms with Crippen LogP contribution in [0, 0.1) is 0 Å². The van der Waals surface area contributed by atoms with Gasteiger partial charge in [0, 0.05) is 6.61 Å². The molecule has 0 radical (unpaired) electrons. The lowest BCUT2D eigenvalue weighted by atomic mass is 10.0. The highest BCUT2D eigenvalue weighted by atomic mass is 16.5. The smallest absolute Gasteiger partial charge is 0.109 e. The summed E-state index contributed by atoms with van der Waals surface area (Å²) in [4.78, 5) is 0. The lowest BCUT2D eigenvalue weighted by molar-refractivity contribution is -0.108. The van der Waals surface area contributed by atoms with Gasteiger partial charge in [0.1, 0.15) is 6.10 Å². The first-order chi connectivity index (χ1) is 5.52. The standard InChI is InChI=1S/C9H20O3/c1-4-5-6-12-8(7-10)9(2,3)11/h8,10-11H,4-7H2,1-3H3. The van der Waals surface area contributed by atoms with E-state index in [0.29, 0.717) is 6.61 Å². The molecule has 0 rings (SSSR count). The summed E-state index contributed by atoms with van der Waals surface area (Å²) in [7, 11) is 0. The average molecular weight is 176 g/mol. The molecule has 1 atom stereocenters. The first-order valence-corrected chi connectivity index (χ1v) is 4.47. The Hall–Kier alpha value is -0.120. The van der Waals surface area contributed by atoms with Crippen molar-refractivity contribution < 1.29 is 14.9 Å². The van der Waals surface area contributed by atoms with E-state index in [0.717, 1.165) is 12.8 Å². The summed E-state index contributed by atoms with van der Waals surface area (Å²) in [5.74, 6) is 0. The zero-order chi connectivity index (χ0) is 9.61. The predicted octanol–water partition coefficient (Wildman–Crippen LogP) is 0.935. The molecule has 0 aliphatic rings. The van der Waals surface area contributed by atoms with Crippen molar-refractivity contribution in [2.24, 2.45) is 0 Å². The molecule has 1 unspecified atom stereocenters. The molecule has 2 N–H and O–H groups in total. The summed E-state index contributed by atoms with van der Waals surface area (Å²) < 4.78 is 5.30. The van der Waals surface area contributed by atoms with Gasteiger partial charge in [-0.1, -0.05) is 13.3 Å². The normalized spacial score (nSPS) is 14.8. The molecule has 12 heavy (non-hydrogen) atoms. The quantitative estimate of drug-likeness (QED) is 0.592. The number of aliphatic hydroxyl groups is 2. The van der Waals surface area contributed by atoms with Gasteiger partial charge in [-0.3, -0.25) is 0 Å². The molecule has 0 aromatic heterocycles. The van der Waals surface area contributed by atoms with Crippen LogP contribution in [0.4, 0.5) is 0 Å². The largest absolute Gasteiger partial charge is 0.394 e. The highest BCUT2D eigenvalue weighted by Gasteiger charge is 2.26. The van der Waals surface area contributed by atoms with Gasteiger partial charge in [0.2, 0.25) is 0 Å². The van der Waals surface area contributed by atoms with Crippen molar-refractivity contribution >= 4 is 0 Å². The summed E-state index contributed by atoms with van der Waals surface area (Å²) in [5, 5.41) is 18.4. The van der Waals surface area contributed by atoms with Crippen molar-refractivity contribution in [3.8, 4) is 0 Å². The van der Waals surface area contributed by atoms with E-state index in [1.54, 1.807) is 13.8 Å². The number of unbranched alkanes of at least 4 members (excludes halogenated alkanes) is 1. The zero-order valence-corrected chi connectivity index (χ0v) is 8.21. The molecular weight excluding hydrogens is 156 g/mol. The van der Waals surface area contributed by atoms with E-state index in [-0.39, 0.29) is 6.61 Å². The molecule has 3 heteroatoms. The van der Waals surface area contributed by atoms with Crippen molar-refractivity contribution in [1.82, 2.24) is 0 Å². The second kappa shape index (κ2) is 5.51. The Morgan fingerprint density at radius 2 is 2.00 bits per heavy atom. The third-order valence-corrected chi connectivity index (χ3v) is 1.77. The first-order valence-electron chi connectivity index (χ1n) is 4.47. The molecule has 0 fully saturated rings. The van der Waals surface area contributed by atoms with E-state index in [4.69, 9.17) is 9.84 Å². The van der Waals surface area contributed by atoms with Crippen LogP contribution in [-0.2, 0) is 4.74 Å². The Labute approximate surface area is 74.4 Å². The van der Waals surface area contributed by atoms with Gasteiger partial charge < -0.3 is 14.9 Å². The Balaban J connectivity index is 3.68. The highest BCUT2D eigenvalue weighted by Crippen LogP contribution is 2.12. The summed E-state index contributed by atoms with van der Waals surface area (Å²) in [6, 6.07) is 0. The van der Waals surface area contributed by atoms with Crippen LogP contribution >= 0.6 is 0 Å². The summed E-state index contributed by atoms with van der Waals surface area (Å²) in [6.07, 6.45) is 1.56. The molecular formula is C9H20O3. The van der Waals surface area contributed by atoms with Crippen LogP contribution in [0.1, 0.15) is 33.6 Å². The van der Waals surface area contributed by atoms with Crippen molar-refractivity contribution in [2.75, 3.05) is 13.2 Å². The van der Waals surface area contributed by atoms with Crippen molar-refractivity contribution in [1.29, 1.82) is 0 Å². The number of hydrogen-bond donors (Lipinski definition) is 2. The van der Waals surface area contributed by atoms with Gasteiger partial charge in [-0.25, -0.2) is 0 Å². The lowest BCUT2D eigenvalue weighted by Crippen LogP contribution is -2.41. The van der Waals surface area contributed by atoms with Crippen LogP contribution in [0.15, 0.2) is 0 Å².